The molecule has 186 valence electrons. The third-order valence-electron chi connectivity index (χ3n) is 7.39. The van der Waals surface area contributed by atoms with Crippen molar-refractivity contribution in [1.82, 2.24) is 20.4 Å². The minimum atomic E-state index is -0.409. The summed E-state index contributed by atoms with van der Waals surface area (Å²) in [5, 5.41) is 5.80. The number of imide groups is 1. The fraction of sp³-hybridized carbons (Fsp3) is 0.429. The van der Waals surface area contributed by atoms with Gasteiger partial charge in [0.05, 0.1) is 6.04 Å². The summed E-state index contributed by atoms with van der Waals surface area (Å²) in [7, 11) is 2.12. The second-order valence-electron chi connectivity index (χ2n) is 9.64. The minimum Gasteiger partial charge on any atom is -0.371 e. The van der Waals surface area contributed by atoms with Gasteiger partial charge in [-0.15, -0.1) is 0 Å². The van der Waals surface area contributed by atoms with Crippen LogP contribution in [-0.2, 0) is 0 Å². The zero-order valence-electron chi connectivity index (χ0n) is 21.3. The van der Waals surface area contributed by atoms with Crippen LogP contribution in [0.5, 0.6) is 0 Å². The summed E-state index contributed by atoms with van der Waals surface area (Å²) in [4.78, 5) is 32.0. The highest BCUT2D eigenvalue weighted by molar-refractivity contribution is 5.96. The van der Waals surface area contributed by atoms with Gasteiger partial charge in [0, 0.05) is 43.6 Å². The Labute approximate surface area is 208 Å². The van der Waals surface area contributed by atoms with Crippen molar-refractivity contribution in [2.24, 2.45) is 0 Å². The number of hydrogen-bond donors (Lipinski definition) is 2. The molecule has 0 radical (unpaired) electrons. The topological polar surface area (TPSA) is 67.9 Å². The summed E-state index contributed by atoms with van der Waals surface area (Å²) in [6.07, 6.45) is 2.18. The van der Waals surface area contributed by atoms with Gasteiger partial charge in [-0.1, -0.05) is 48.5 Å². The molecule has 1 unspecified atom stereocenters. The molecule has 7 heteroatoms. The normalized spacial score (nSPS) is 19.2. The van der Waals surface area contributed by atoms with Crippen LogP contribution in [0, 0.1) is 6.92 Å². The number of anilines is 1. The molecule has 2 aromatic carbocycles. The van der Waals surface area contributed by atoms with Gasteiger partial charge >= 0.3 is 12.1 Å². The van der Waals surface area contributed by atoms with Crippen molar-refractivity contribution in [2.45, 2.75) is 45.7 Å². The lowest BCUT2D eigenvalue weighted by molar-refractivity contribution is 0.168. The van der Waals surface area contributed by atoms with Gasteiger partial charge in [-0.3, -0.25) is 0 Å². The predicted octanol–water partition coefficient (Wildman–Crippen LogP) is 4.67. The molecule has 4 rings (SSSR count). The maximum Gasteiger partial charge on any atom is 0.330 e. The van der Waals surface area contributed by atoms with Crippen molar-refractivity contribution >= 4 is 17.7 Å². The largest absolute Gasteiger partial charge is 0.371 e. The fourth-order valence-corrected chi connectivity index (χ4v) is 5.15. The maximum absolute atomic E-state index is 13.1. The molecular weight excluding hydrogens is 438 g/mol. The highest BCUT2D eigenvalue weighted by Crippen LogP contribution is 2.33. The molecule has 2 N–H and O–H groups in total. The van der Waals surface area contributed by atoms with Crippen LogP contribution in [0.25, 0.3) is 0 Å². The molecule has 1 atom stereocenters. The van der Waals surface area contributed by atoms with Crippen molar-refractivity contribution in [3.63, 3.8) is 0 Å². The smallest absolute Gasteiger partial charge is 0.330 e. The SMILES string of the molecule is CC1=C(C)C(c2ccccc2)N(C(=O)NCCN(C)C2CCN(c3ccccc3C)CC2)C(=O)N1. The first-order valence-corrected chi connectivity index (χ1v) is 12.5. The number of rotatable bonds is 6. The number of carbonyl (C=O) groups is 2. The molecule has 4 amide bonds. The third-order valence-corrected chi connectivity index (χ3v) is 7.39. The number of benzene rings is 2. The summed E-state index contributed by atoms with van der Waals surface area (Å²) in [6.45, 7) is 9.29. The number of urea groups is 2. The van der Waals surface area contributed by atoms with Crippen molar-refractivity contribution in [1.29, 1.82) is 0 Å². The number of allylic oxidation sites excluding steroid dienone is 1. The number of piperidine rings is 1. The molecule has 0 aromatic heterocycles. The monoisotopic (exact) mass is 475 g/mol. The predicted molar refractivity (Wildman–Crippen MR) is 140 cm³/mol. The maximum atomic E-state index is 13.1. The Morgan fingerprint density at radius 1 is 1.03 bits per heavy atom. The Kier molecular flexibility index (Phi) is 7.76. The van der Waals surface area contributed by atoms with Gasteiger partial charge in [0.2, 0.25) is 0 Å². The van der Waals surface area contributed by atoms with E-state index in [1.165, 1.54) is 16.2 Å². The van der Waals surface area contributed by atoms with Gasteiger partial charge in [-0.05, 0) is 63.4 Å². The number of para-hydroxylation sites is 1. The summed E-state index contributed by atoms with van der Waals surface area (Å²) in [6, 6.07) is 17.6. The summed E-state index contributed by atoms with van der Waals surface area (Å²) in [5.74, 6) is 0. The standard InChI is InChI=1S/C28H37N5O2/c1-20-10-8-9-13-25(20)32-17-14-24(15-18-32)31(4)19-16-29-27(34)33-26(23-11-6-5-7-12-23)21(2)22(3)30-28(33)35/h5-13,24,26H,14-19H2,1-4H3,(H,29,34)(H,30,35). The molecule has 1 saturated heterocycles. The molecule has 2 aliphatic heterocycles. The van der Waals surface area contributed by atoms with Crippen LogP contribution < -0.4 is 15.5 Å². The lowest BCUT2D eigenvalue weighted by atomic mass is 9.95. The van der Waals surface area contributed by atoms with E-state index in [-0.39, 0.29) is 6.03 Å². The Hall–Kier alpha value is -3.32. The molecule has 0 spiro atoms. The van der Waals surface area contributed by atoms with Crippen LogP contribution in [0.3, 0.4) is 0 Å². The van der Waals surface area contributed by atoms with E-state index in [9.17, 15) is 9.59 Å². The van der Waals surface area contributed by atoms with Crippen molar-refractivity contribution in [3.05, 3.63) is 77.0 Å². The van der Waals surface area contributed by atoms with E-state index in [0.717, 1.165) is 49.3 Å². The van der Waals surface area contributed by atoms with E-state index >= 15 is 0 Å². The van der Waals surface area contributed by atoms with E-state index in [1.54, 1.807) is 0 Å². The number of likely N-dealkylation sites (N-methyl/N-ethyl adjacent to an activating group) is 1. The average molecular weight is 476 g/mol. The Balaban J connectivity index is 1.31. The Bertz CT molecular complexity index is 1080. The van der Waals surface area contributed by atoms with E-state index in [2.05, 4.69) is 58.7 Å². The van der Waals surface area contributed by atoms with Gasteiger partial charge in [-0.2, -0.15) is 0 Å². The third kappa shape index (κ3) is 5.51. The molecule has 0 aliphatic carbocycles. The molecule has 0 saturated carbocycles. The first kappa shape index (κ1) is 24.8. The molecule has 35 heavy (non-hydrogen) atoms. The van der Waals surface area contributed by atoms with Crippen LogP contribution in [0.2, 0.25) is 0 Å². The second kappa shape index (κ2) is 11.0. The average Bonchev–Trinajstić information content (AvgIpc) is 2.86. The van der Waals surface area contributed by atoms with Crippen LogP contribution in [0.1, 0.15) is 43.9 Å². The molecule has 0 bridgehead atoms. The number of nitrogens with zero attached hydrogens (tertiary/aromatic N) is 3. The van der Waals surface area contributed by atoms with E-state index in [4.69, 9.17) is 0 Å². The van der Waals surface area contributed by atoms with Gasteiger partial charge < -0.3 is 20.4 Å². The highest BCUT2D eigenvalue weighted by Gasteiger charge is 2.36. The second-order valence-corrected chi connectivity index (χ2v) is 9.64. The summed E-state index contributed by atoms with van der Waals surface area (Å²) < 4.78 is 0. The zero-order chi connectivity index (χ0) is 24.9. The quantitative estimate of drug-likeness (QED) is 0.637. The van der Waals surface area contributed by atoms with Crippen molar-refractivity contribution in [2.75, 3.05) is 38.1 Å². The van der Waals surface area contributed by atoms with Crippen LogP contribution in [0.4, 0.5) is 15.3 Å². The van der Waals surface area contributed by atoms with Crippen molar-refractivity contribution in [3.8, 4) is 0 Å². The lowest BCUT2D eigenvalue weighted by Gasteiger charge is -2.39. The fourth-order valence-electron chi connectivity index (χ4n) is 5.15. The zero-order valence-corrected chi connectivity index (χ0v) is 21.3. The van der Waals surface area contributed by atoms with Gasteiger partial charge in [-0.25, -0.2) is 14.5 Å². The first-order chi connectivity index (χ1) is 16.9. The first-order valence-electron chi connectivity index (χ1n) is 12.5. The molecule has 1 fully saturated rings. The number of hydrogen-bond acceptors (Lipinski definition) is 4. The Morgan fingerprint density at radius 2 is 1.69 bits per heavy atom. The molecule has 2 aliphatic rings. The molecule has 2 aromatic rings. The number of nitrogens with one attached hydrogen (secondary N) is 2. The van der Waals surface area contributed by atoms with Gasteiger partial charge in [0.25, 0.3) is 0 Å². The van der Waals surface area contributed by atoms with E-state index in [1.807, 2.05) is 44.2 Å². The van der Waals surface area contributed by atoms with Gasteiger partial charge in [0.15, 0.2) is 0 Å². The number of carbonyl (C=O) groups excluding carboxylic acids is 2. The Morgan fingerprint density at radius 3 is 2.37 bits per heavy atom. The molecule has 2 heterocycles. The summed E-state index contributed by atoms with van der Waals surface area (Å²) >= 11 is 0. The van der Waals surface area contributed by atoms with E-state index in [0.29, 0.717) is 12.6 Å². The minimum absolute atomic E-state index is 0.369. The molecular formula is C28H37N5O2. The lowest BCUT2D eigenvalue weighted by Crippen LogP contribution is -2.54. The van der Waals surface area contributed by atoms with Crippen LogP contribution in [0.15, 0.2) is 65.9 Å². The number of aryl methyl sites for hydroxylation is 1. The highest BCUT2D eigenvalue weighted by atomic mass is 16.2. The van der Waals surface area contributed by atoms with E-state index < -0.39 is 12.1 Å². The van der Waals surface area contributed by atoms with Gasteiger partial charge in [0.1, 0.15) is 0 Å². The van der Waals surface area contributed by atoms with Crippen LogP contribution in [-0.4, -0.2) is 61.1 Å². The number of amides is 4. The molecule has 7 nitrogen and oxygen atoms in total. The van der Waals surface area contributed by atoms with Crippen molar-refractivity contribution < 1.29 is 9.59 Å². The van der Waals surface area contributed by atoms with Crippen LogP contribution >= 0.6 is 0 Å². The summed E-state index contributed by atoms with van der Waals surface area (Å²) in [5.41, 5.74) is 5.33.